The highest BCUT2D eigenvalue weighted by molar-refractivity contribution is 5.98. The minimum atomic E-state index is -0.838. The van der Waals surface area contributed by atoms with Gasteiger partial charge in [0.25, 0.3) is 0 Å². The van der Waals surface area contributed by atoms with Gasteiger partial charge in [0.15, 0.2) is 5.78 Å². The average molecular weight is 419 g/mol. The van der Waals surface area contributed by atoms with Gasteiger partial charge in [0.2, 0.25) is 0 Å². The van der Waals surface area contributed by atoms with Gasteiger partial charge in [-0.15, -0.1) is 0 Å². The molecule has 0 aliphatic heterocycles. The van der Waals surface area contributed by atoms with Crippen LogP contribution in [-0.2, 0) is 4.79 Å². The first kappa shape index (κ1) is 22.8. The highest BCUT2D eigenvalue weighted by Crippen LogP contribution is 2.66. The smallest absolute Gasteiger partial charge is 0.151 e. The van der Waals surface area contributed by atoms with E-state index in [0.29, 0.717) is 5.78 Å². The van der Waals surface area contributed by atoms with Gasteiger partial charge in [0.1, 0.15) is 6.17 Å². The third-order valence-electron chi connectivity index (χ3n) is 10.3. The van der Waals surface area contributed by atoms with Gasteiger partial charge in [-0.2, -0.15) is 0 Å². The zero-order valence-corrected chi connectivity index (χ0v) is 19.9. The van der Waals surface area contributed by atoms with Crippen molar-refractivity contribution in [3.63, 3.8) is 0 Å². The lowest BCUT2D eigenvalue weighted by atomic mass is 9.41. The lowest BCUT2D eigenvalue weighted by Gasteiger charge is -2.61. The summed E-state index contributed by atoms with van der Waals surface area (Å²) in [6.45, 7) is 4.54. The summed E-state index contributed by atoms with van der Waals surface area (Å²) < 4.78 is 15.7. The Morgan fingerprint density at radius 1 is 0.700 bits per heavy atom. The Kier molecular flexibility index (Phi) is 7.30. The SMILES string of the molecule is CCCCC1CCC(C2CC[C@]3(CC2)C(=O)[C@@]2(CCC(CCCC)CC2)[C@H]3F)CC1. The monoisotopic (exact) mass is 418 g/mol. The largest absolute Gasteiger partial charge is 0.298 e. The summed E-state index contributed by atoms with van der Waals surface area (Å²) in [7, 11) is 0. The second-order valence-electron chi connectivity index (χ2n) is 11.9. The normalized spacial score (nSPS) is 44.4. The zero-order chi connectivity index (χ0) is 21.2. The van der Waals surface area contributed by atoms with E-state index in [-0.39, 0.29) is 0 Å². The van der Waals surface area contributed by atoms with E-state index in [1.807, 2.05) is 0 Å². The second kappa shape index (κ2) is 9.62. The molecule has 0 aromatic rings. The van der Waals surface area contributed by atoms with Crippen molar-refractivity contribution in [1.82, 2.24) is 0 Å². The maximum atomic E-state index is 15.7. The molecule has 1 atom stereocenters. The summed E-state index contributed by atoms with van der Waals surface area (Å²) >= 11 is 0. The van der Waals surface area contributed by atoms with Crippen molar-refractivity contribution in [1.29, 1.82) is 0 Å². The number of hydrogen-bond donors (Lipinski definition) is 0. The van der Waals surface area contributed by atoms with Gasteiger partial charge >= 0.3 is 0 Å². The number of carbonyl (C=O) groups is 1. The molecule has 0 aromatic carbocycles. The van der Waals surface area contributed by atoms with Gasteiger partial charge in [-0.05, 0) is 87.9 Å². The van der Waals surface area contributed by atoms with E-state index in [1.54, 1.807) is 0 Å². The molecule has 1 nitrogen and oxygen atoms in total. The fourth-order valence-electron chi connectivity index (χ4n) is 8.18. The van der Waals surface area contributed by atoms with Gasteiger partial charge in [-0.1, -0.05) is 65.2 Å². The molecule has 4 aliphatic carbocycles. The lowest BCUT2D eigenvalue weighted by Crippen LogP contribution is -2.69. The summed E-state index contributed by atoms with van der Waals surface area (Å²) in [5.74, 6) is 3.70. The summed E-state index contributed by atoms with van der Waals surface area (Å²) in [6.07, 6.45) is 20.5. The number of alkyl halides is 1. The number of carbonyl (C=O) groups excluding carboxylic acids is 1. The van der Waals surface area contributed by atoms with Crippen molar-refractivity contribution in [2.24, 2.45) is 34.5 Å². The second-order valence-corrected chi connectivity index (χ2v) is 11.9. The first-order valence-electron chi connectivity index (χ1n) is 13.7. The fraction of sp³-hybridized carbons (Fsp3) is 0.964. The molecule has 0 radical (unpaired) electrons. The number of unbranched alkanes of at least 4 members (excludes halogenated alkanes) is 2. The van der Waals surface area contributed by atoms with Crippen molar-refractivity contribution < 1.29 is 9.18 Å². The molecule has 0 N–H and O–H groups in total. The molecule has 4 saturated carbocycles. The topological polar surface area (TPSA) is 17.1 Å². The van der Waals surface area contributed by atoms with Crippen molar-refractivity contribution >= 4 is 5.78 Å². The Morgan fingerprint density at radius 3 is 1.60 bits per heavy atom. The molecule has 0 bridgehead atoms. The molecular formula is C28H47FO. The number of halogens is 1. The Hall–Kier alpha value is -0.400. The van der Waals surface area contributed by atoms with Gasteiger partial charge in [0.05, 0.1) is 10.8 Å². The zero-order valence-electron chi connectivity index (χ0n) is 19.9. The van der Waals surface area contributed by atoms with Gasteiger partial charge in [0, 0.05) is 0 Å². The summed E-state index contributed by atoms with van der Waals surface area (Å²) in [5, 5.41) is 0. The molecule has 0 unspecified atom stereocenters. The molecule has 0 saturated heterocycles. The molecule has 4 aliphatic rings. The van der Waals surface area contributed by atoms with Crippen LogP contribution in [0.1, 0.15) is 129 Å². The first-order chi connectivity index (χ1) is 14.6. The predicted molar refractivity (Wildman–Crippen MR) is 123 cm³/mol. The molecule has 4 fully saturated rings. The van der Waals surface area contributed by atoms with Crippen molar-refractivity contribution in [2.75, 3.05) is 0 Å². The summed E-state index contributed by atoms with van der Waals surface area (Å²) in [5.41, 5.74) is -1.13. The van der Waals surface area contributed by atoms with Crippen LogP contribution < -0.4 is 0 Å². The Bertz CT molecular complexity index is 559. The number of Topliss-reactive ketones (excluding diaryl/α,β-unsaturated/α-hetero) is 1. The fourth-order valence-corrected chi connectivity index (χ4v) is 8.18. The van der Waals surface area contributed by atoms with E-state index in [9.17, 15) is 4.79 Å². The van der Waals surface area contributed by atoms with Crippen LogP contribution in [-0.4, -0.2) is 12.0 Å². The van der Waals surface area contributed by atoms with E-state index in [4.69, 9.17) is 0 Å². The standard InChI is InChI=1S/C28H47FO/c1-3-5-7-21-9-11-23(12-10-21)24-15-19-28(20-16-24)25(29)27(26(28)30)17-13-22(14-18-27)8-6-4-2/h21-25H,3-20H2,1-2H3/t21?,22?,23?,24?,25-,27-,28-/m1/s1. The van der Waals surface area contributed by atoms with E-state index in [1.165, 1.54) is 64.2 Å². The summed E-state index contributed by atoms with van der Waals surface area (Å²) in [6, 6.07) is 0. The Balaban J connectivity index is 1.26. The van der Waals surface area contributed by atoms with Gasteiger partial charge < -0.3 is 0 Å². The van der Waals surface area contributed by atoms with Crippen LogP contribution in [0.5, 0.6) is 0 Å². The quantitative estimate of drug-likeness (QED) is 0.405. The van der Waals surface area contributed by atoms with Gasteiger partial charge in [-0.25, -0.2) is 4.39 Å². The van der Waals surface area contributed by atoms with E-state index >= 15 is 4.39 Å². The lowest BCUT2D eigenvalue weighted by molar-refractivity contribution is -0.194. The highest BCUT2D eigenvalue weighted by Gasteiger charge is 2.71. The van der Waals surface area contributed by atoms with Crippen LogP contribution in [0.3, 0.4) is 0 Å². The van der Waals surface area contributed by atoms with Crippen molar-refractivity contribution in [2.45, 2.75) is 136 Å². The van der Waals surface area contributed by atoms with Gasteiger partial charge in [-0.3, -0.25) is 4.79 Å². The highest BCUT2D eigenvalue weighted by atomic mass is 19.1. The van der Waals surface area contributed by atoms with Crippen LogP contribution >= 0.6 is 0 Å². The van der Waals surface area contributed by atoms with E-state index in [2.05, 4.69) is 13.8 Å². The molecule has 30 heavy (non-hydrogen) atoms. The number of ketones is 1. The van der Waals surface area contributed by atoms with Crippen LogP contribution in [0.15, 0.2) is 0 Å². The Morgan fingerprint density at radius 2 is 1.13 bits per heavy atom. The minimum Gasteiger partial charge on any atom is -0.298 e. The minimum absolute atomic E-state index is 0.359. The average Bonchev–Trinajstić information content (AvgIpc) is 2.81. The first-order valence-corrected chi connectivity index (χ1v) is 13.7. The molecule has 0 heterocycles. The maximum absolute atomic E-state index is 15.7. The number of hydrogen-bond acceptors (Lipinski definition) is 1. The van der Waals surface area contributed by atoms with Crippen molar-refractivity contribution in [3.8, 4) is 0 Å². The summed E-state index contributed by atoms with van der Waals surface area (Å²) in [4.78, 5) is 13.4. The Labute approximate surface area is 185 Å². The van der Waals surface area contributed by atoms with Crippen LogP contribution in [0.4, 0.5) is 4.39 Å². The molecule has 2 spiro atoms. The maximum Gasteiger partial charge on any atom is 0.151 e. The molecular weight excluding hydrogens is 371 g/mol. The van der Waals surface area contributed by atoms with Crippen LogP contribution in [0, 0.1) is 34.5 Å². The number of rotatable bonds is 7. The van der Waals surface area contributed by atoms with Crippen LogP contribution in [0.2, 0.25) is 0 Å². The van der Waals surface area contributed by atoms with Crippen LogP contribution in [0.25, 0.3) is 0 Å². The van der Waals surface area contributed by atoms with E-state index in [0.717, 1.165) is 75.0 Å². The third-order valence-corrected chi connectivity index (χ3v) is 10.3. The van der Waals surface area contributed by atoms with Crippen molar-refractivity contribution in [3.05, 3.63) is 0 Å². The predicted octanol–water partition coefficient (Wildman–Crippen LogP) is 8.45. The molecule has 0 aromatic heterocycles. The third kappa shape index (κ3) is 4.03. The molecule has 4 rings (SSSR count). The van der Waals surface area contributed by atoms with E-state index < -0.39 is 17.0 Å². The molecule has 2 heteroatoms. The molecule has 172 valence electrons. The molecule has 0 amide bonds.